The molecule has 1 fully saturated rings. The molecule has 0 unspecified atom stereocenters. The Morgan fingerprint density at radius 2 is 1.08 bits per heavy atom. The first-order chi connectivity index (χ1) is 12.3. The minimum atomic E-state index is 0.949. The molecule has 148 valence electrons. The van der Waals surface area contributed by atoms with Gasteiger partial charge in [0.25, 0.3) is 0 Å². The first-order valence-electron chi connectivity index (χ1n) is 12.0. The summed E-state index contributed by atoms with van der Waals surface area (Å²) < 4.78 is 0. The average molecular weight is 349 g/mol. The van der Waals surface area contributed by atoms with Crippen LogP contribution in [0, 0.1) is 5.92 Å². The van der Waals surface area contributed by atoms with Crippen LogP contribution >= 0.6 is 0 Å². The van der Waals surface area contributed by atoms with Gasteiger partial charge in [0.15, 0.2) is 0 Å². The van der Waals surface area contributed by atoms with Crippen molar-refractivity contribution in [2.45, 2.75) is 143 Å². The molecule has 0 aromatic heterocycles. The molecule has 0 radical (unpaired) electrons. The fraction of sp³-hybridized carbons (Fsp3) is 0.920. The van der Waals surface area contributed by atoms with E-state index in [9.17, 15) is 0 Å². The van der Waals surface area contributed by atoms with Gasteiger partial charge in [-0.1, -0.05) is 108 Å². The van der Waals surface area contributed by atoms with Crippen LogP contribution in [0.3, 0.4) is 0 Å². The van der Waals surface area contributed by atoms with E-state index in [4.69, 9.17) is 0 Å². The Bertz CT molecular complexity index is 319. The van der Waals surface area contributed by atoms with Gasteiger partial charge in [-0.3, -0.25) is 0 Å². The Hall–Kier alpha value is -0.260. The van der Waals surface area contributed by atoms with Gasteiger partial charge in [-0.25, -0.2) is 0 Å². The highest BCUT2D eigenvalue weighted by Crippen LogP contribution is 2.35. The van der Waals surface area contributed by atoms with Crippen LogP contribution in [0.4, 0.5) is 0 Å². The molecule has 0 saturated heterocycles. The van der Waals surface area contributed by atoms with E-state index in [-0.39, 0.29) is 0 Å². The van der Waals surface area contributed by atoms with Crippen molar-refractivity contribution in [1.29, 1.82) is 0 Å². The lowest BCUT2D eigenvalue weighted by atomic mass is 9.79. The number of allylic oxidation sites excluding steroid dienone is 2. The largest absolute Gasteiger partial charge is 0.0738 e. The number of hydrogen-bond acceptors (Lipinski definition) is 0. The summed E-state index contributed by atoms with van der Waals surface area (Å²) in [4.78, 5) is 0. The van der Waals surface area contributed by atoms with Crippen molar-refractivity contribution in [3.63, 3.8) is 0 Å². The minimum absolute atomic E-state index is 0.949. The zero-order valence-corrected chi connectivity index (χ0v) is 18.0. The summed E-state index contributed by atoms with van der Waals surface area (Å²) in [7, 11) is 0. The second-order valence-electron chi connectivity index (χ2n) is 8.68. The summed E-state index contributed by atoms with van der Waals surface area (Å²) in [6.45, 7) is 7.10. The van der Waals surface area contributed by atoms with Crippen molar-refractivity contribution in [1.82, 2.24) is 0 Å². The zero-order chi connectivity index (χ0) is 18.2. The van der Waals surface area contributed by atoms with Crippen molar-refractivity contribution in [3.8, 4) is 0 Å². The molecular formula is C25H48. The molecule has 0 heterocycles. The Labute approximate surface area is 160 Å². The quantitative estimate of drug-likeness (QED) is 0.204. The molecule has 1 aliphatic rings. The van der Waals surface area contributed by atoms with Crippen LogP contribution < -0.4 is 0 Å². The maximum absolute atomic E-state index is 2.48. The molecule has 0 aromatic rings. The van der Waals surface area contributed by atoms with Crippen LogP contribution in [0.15, 0.2) is 11.1 Å². The van der Waals surface area contributed by atoms with Crippen molar-refractivity contribution in [2.24, 2.45) is 5.92 Å². The molecule has 0 spiro atoms. The number of rotatable bonds is 15. The van der Waals surface area contributed by atoms with Gasteiger partial charge >= 0.3 is 0 Å². The molecule has 1 saturated carbocycles. The maximum atomic E-state index is 2.48. The molecule has 0 nitrogen and oxygen atoms in total. The molecule has 0 bridgehead atoms. The minimum Gasteiger partial charge on any atom is -0.0738 e. The summed E-state index contributed by atoms with van der Waals surface area (Å²) in [5.74, 6) is 0.949. The van der Waals surface area contributed by atoms with Gasteiger partial charge in [0.1, 0.15) is 0 Å². The first kappa shape index (κ1) is 22.8. The SMILES string of the molecule is CCCCCCCCC/C(=C(\C)CCCCCCC)C1CCCCC1. The zero-order valence-electron chi connectivity index (χ0n) is 18.0. The summed E-state index contributed by atoms with van der Waals surface area (Å²) >= 11 is 0. The van der Waals surface area contributed by atoms with Gasteiger partial charge in [-0.15, -0.1) is 0 Å². The van der Waals surface area contributed by atoms with Crippen molar-refractivity contribution in [2.75, 3.05) is 0 Å². The molecular weight excluding hydrogens is 300 g/mol. The summed E-state index contributed by atoms with van der Waals surface area (Å²) in [6, 6.07) is 0. The van der Waals surface area contributed by atoms with E-state index in [1.165, 1.54) is 122 Å². The molecule has 25 heavy (non-hydrogen) atoms. The highest BCUT2D eigenvalue weighted by atomic mass is 14.2. The van der Waals surface area contributed by atoms with E-state index < -0.39 is 0 Å². The average Bonchev–Trinajstić information content (AvgIpc) is 2.64. The lowest BCUT2D eigenvalue weighted by Gasteiger charge is -2.27. The Morgan fingerprint density at radius 1 is 0.600 bits per heavy atom. The molecule has 0 atom stereocenters. The van der Waals surface area contributed by atoms with Crippen LogP contribution in [0.2, 0.25) is 0 Å². The van der Waals surface area contributed by atoms with Crippen LogP contribution in [-0.4, -0.2) is 0 Å². The fourth-order valence-electron chi connectivity index (χ4n) is 4.64. The van der Waals surface area contributed by atoms with Gasteiger partial charge in [0.2, 0.25) is 0 Å². The Morgan fingerprint density at radius 3 is 1.64 bits per heavy atom. The molecule has 0 N–H and O–H groups in total. The van der Waals surface area contributed by atoms with Crippen LogP contribution in [0.1, 0.15) is 143 Å². The van der Waals surface area contributed by atoms with Crippen LogP contribution in [0.5, 0.6) is 0 Å². The van der Waals surface area contributed by atoms with Gasteiger partial charge in [-0.05, 0) is 51.4 Å². The maximum Gasteiger partial charge on any atom is -0.0201 e. The molecule has 1 aliphatic carbocycles. The van der Waals surface area contributed by atoms with E-state index in [0.29, 0.717) is 0 Å². The number of unbranched alkanes of at least 4 members (excludes halogenated alkanes) is 10. The second kappa shape index (κ2) is 16.0. The van der Waals surface area contributed by atoms with Crippen molar-refractivity contribution < 1.29 is 0 Å². The predicted octanol–water partition coefficient (Wildman–Crippen LogP) is 9.38. The van der Waals surface area contributed by atoms with Gasteiger partial charge < -0.3 is 0 Å². The fourth-order valence-corrected chi connectivity index (χ4v) is 4.64. The summed E-state index contributed by atoms with van der Waals surface area (Å²) in [6.07, 6.45) is 27.4. The standard InChI is InChI=1S/C25H48/c1-4-6-8-10-11-13-18-22-25(24-20-16-14-17-21-24)23(3)19-15-12-9-7-5-2/h24H,4-22H2,1-3H3/b25-23-. The van der Waals surface area contributed by atoms with Gasteiger partial charge in [0, 0.05) is 0 Å². The smallest absolute Gasteiger partial charge is 0.0201 e. The predicted molar refractivity (Wildman–Crippen MR) is 115 cm³/mol. The molecule has 0 aromatic carbocycles. The molecule has 0 heteroatoms. The van der Waals surface area contributed by atoms with E-state index in [2.05, 4.69) is 20.8 Å². The van der Waals surface area contributed by atoms with Crippen molar-refractivity contribution in [3.05, 3.63) is 11.1 Å². The highest BCUT2D eigenvalue weighted by Gasteiger charge is 2.19. The topological polar surface area (TPSA) is 0 Å². The summed E-state index contributed by atoms with van der Waals surface area (Å²) in [5.41, 5.74) is 3.69. The van der Waals surface area contributed by atoms with E-state index >= 15 is 0 Å². The second-order valence-corrected chi connectivity index (χ2v) is 8.68. The third kappa shape index (κ3) is 11.1. The van der Waals surface area contributed by atoms with E-state index in [1.807, 2.05) is 5.57 Å². The van der Waals surface area contributed by atoms with Crippen LogP contribution in [-0.2, 0) is 0 Å². The lowest BCUT2D eigenvalue weighted by Crippen LogP contribution is -2.11. The normalized spacial score (nSPS) is 16.9. The Kier molecular flexibility index (Phi) is 14.5. The van der Waals surface area contributed by atoms with E-state index in [0.717, 1.165) is 5.92 Å². The summed E-state index contributed by atoms with van der Waals surface area (Å²) in [5, 5.41) is 0. The highest BCUT2D eigenvalue weighted by molar-refractivity contribution is 5.16. The first-order valence-corrected chi connectivity index (χ1v) is 12.0. The third-order valence-corrected chi connectivity index (χ3v) is 6.35. The van der Waals surface area contributed by atoms with Gasteiger partial charge in [-0.2, -0.15) is 0 Å². The molecule has 1 rings (SSSR count). The molecule has 0 aliphatic heterocycles. The van der Waals surface area contributed by atoms with Crippen LogP contribution in [0.25, 0.3) is 0 Å². The van der Waals surface area contributed by atoms with E-state index in [1.54, 1.807) is 5.57 Å². The lowest BCUT2D eigenvalue weighted by molar-refractivity contribution is 0.388. The Balaban J connectivity index is 2.38. The van der Waals surface area contributed by atoms with Crippen molar-refractivity contribution >= 4 is 0 Å². The third-order valence-electron chi connectivity index (χ3n) is 6.35. The monoisotopic (exact) mass is 348 g/mol. The molecule has 0 amide bonds. The number of hydrogen-bond donors (Lipinski definition) is 0. The van der Waals surface area contributed by atoms with Gasteiger partial charge in [0.05, 0.1) is 0 Å².